The molecule has 6 heteroatoms. The number of benzene rings is 1. The third-order valence-electron chi connectivity index (χ3n) is 7.58. The minimum absolute atomic E-state index is 0. The molecule has 6 rings (SSSR count). The van der Waals surface area contributed by atoms with Crippen molar-refractivity contribution in [3.8, 4) is 0 Å². The molecule has 0 unspecified atom stereocenters. The van der Waals surface area contributed by atoms with Gasteiger partial charge in [-0.05, 0) is 74.0 Å². The molecule has 0 radical (unpaired) electrons. The molecule has 1 heterocycles. The molecule has 1 aromatic rings. The van der Waals surface area contributed by atoms with Gasteiger partial charge in [-0.2, -0.15) is 0 Å². The van der Waals surface area contributed by atoms with Crippen molar-refractivity contribution in [1.82, 2.24) is 15.5 Å². The number of nitrogens with zero attached hydrogens (tertiary/aromatic N) is 1. The number of piperazine rings is 1. The van der Waals surface area contributed by atoms with Crippen LogP contribution in [0, 0.1) is 23.2 Å². The zero-order valence-corrected chi connectivity index (χ0v) is 17.8. The van der Waals surface area contributed by atoms with Crippen LogP contribution in [-0.2, 0) is 11.3 Å². The van der Waals surface area contributed by atoms with Gasteiger partial charge in [0.1, 0.15) is 0 Å². The Hall–Kier alpha value is -1.59. The van der Waals surface area contributed by atoms with Crippen molar-refractivity contribution in [3.63, 3.8) is 0 Å². The van der Waals surface area contributed by atoms with Gasteiger partial charge in [0, 0.05) is 43.7 Å². The third-order valence-corrected chi connectivity index (χ3v) is 7.58. The van der Waals surface area contributed by atoms with Crippen LogP contribution in [-0.4, -0.2) is 42.9 Å². The summed E-state index contributed by atoms with van der Waals surface area (Å²) in [4.78, 5) is 27.5. The molecule has 0 aromatic heterocycles. The molecule has 4 saturated carbocycles. The van der Waals surface area contributed by atoms with Crippen LogP contribution in [0.1, 0.15) is 54.4 Å². The summed E-state index contributed by atoms with van der Waals surface area (Å²) >= 11 is 0. The van der Waals surface area contributed by atoms with E-state index in [9.17, 15) is 9.59 Å². The molecular formula is C23H32ClN3O2. The Balaban J connectivity index is 0.00000205. The van der Waals surface area contributed by atoms with Gasteiger partial charge in [0.15, 0.2) is 0 Å². The van der Waals surface area contributed by atoms with E-state index >= 15 is 0 Å². The normalized spacial score (nSPS) is 32.6. The summed E-state index contributed by atoms with van der Waals surface area (Å²) in [5.74, 6) is 2.73. The van der Waals surface area contributed by atoms with Crippen molar-refractivity contribution < 1.29 is 9.59 Å². The predicted octanol–water partition coefficient (Wildman–Crippen LogP) is 2.99. The lowest BCUT2D eigenvalue weighted by Gasteiger charge is -2.55. The van der Waals surface area contributed by atoms with E-state index in [0.717, 1.165) is 74.3 Å². The number of amides is 2. The van der Waals surface area contributed by atoms with Gasteiger partial charge < -0.3 is 15.5 Å². The molecule has 2 N–H and O–H groups in total. The van der Waals surface area contributed by atoms with Gasteiger partial charge in [-0.3, -0.25) is 9.59 Å². The lowest BCUT2D eigenvalue weighted by molar-refractivity contribution is -0.146. The molecule has 2 amide bonds. The largest absolute Gasteiger partial charge is 0.352 e. The van der Waals surface area contributed by atoms with E-state index < -0.39 is 0 Å². The molecule has 29 heavy (non-hydrogen) atoms. The molecule has 5 nitrogen and oxygen atoms in total. The first-order valence-corrected chi connectivity index (χ1v) is 11.0. The molecule has 1 aromatic carbocycles. The van der Waals surface area contributed by atoms with Crippen LogP contribution >= 0.6 is 12.4 Å². The van der Waals surface area contributed by atoms with E-state index in [0.29, 0.717) is 6.54 Å². The molecule has 0 spiro atoms. The van der Waals surface area contributed by atoms with Crippen molar-refractivity contribution in [2.75, 3.05) is 26.2 Å². The highest BCUT2D eigenvalue weighted by Crippen LogP contribution is 2.60. The Morgan fingerprint density at radius 1 is 0.966 bits per heavy atom. The van der Waals surface area contributed by atoms with E-state index in [4.69, 9.17) is 0 Å². The van der Waals surface area contributed by atoms with Crippen LogP contribution in [0.25, 0.3) is 0 Å². The minimum atomic E-state index is -0.0903. The van der Waals surface area contributed by atoms with Gasteiger partial charge in [0.25, 0.3) is 5.91 Å². The van der Waals surface area contributed by atoms with Gasteiger partial charge in [-0.25, -0.2) is 0 Å². The first-order chi connectivity index (χ1) is 13.6. The maximum absolute atomic E-state index is 13.1. The van der Waals surface area contributed by atoms with Crippen LogP contribution in [0.5, 0.6) is 0 Å². The zero-order valence-electron chi connectivity index (χ0n) is 17.0. The molecule has 4 aliphatic carbocycles. The summed E-state index contributed by atoms with van der Waals surface area (Å²) in [5.41, 5.74) is 1.71. The van der Waals surface area contributed by atoms with Crippen LogP contribution in [0.2, 0.25) is 0 Å². The maximum atomic E-state index is 13.1. The number of hydrogen-bond donors (Lipinski definition) is 2. The second kappa shape index (κ2) is 8.27. The smallest absolute Gasteiger partial charge is 0.253 e. The summed E-state index contributed by atoms with van der Waals surface area (Å²) in [6, 6.07) is 7.76. The predicted molar refractivity (Wildman–Crippen MR) is 115 cm³/mol. The average molecular weight is 418 g/mol. The summed E-state index contributed by atoms with van der Waals surface area (Å²) in [5, 5.41) is 6.50. The fourth-order valence-electron chi connectivity index (χ4n) is 6.57. The molecular weight excluding hydrogens is 386 g/mol. The van der Waals surface area contributed by atoms with Gasteiger partial charge in [-0.15, -0.1) is 12.4 Å². The van der Waals surface area contributed by atoms with Crippen LogP contribution in [0.15, 0.2) is 24.3 Å². The van der Waals surface area contributed by atoms with E-state index in [1.807, 2.05) is 29.2 Å². The van der Waals surface area contributed by atoms with E-state index in [1.165, 1.54) is 19.3 Å². The topological polar surface area (TPSA) is 61.4 Å². The second-order valence-electron chi connectivity index (χ2n) is 9.62. The molecule has 1 saturated heterocycles. The molecule has 5 fully saturated rings. The first kappa shape index (κ1) is 20.7. The Bertz CT molecular complexity index is 723. The van der Waals surface area contributed by atoms with Gasteiger partial charge in [-0.1, -0.05) is 12.1 Å². The van der Waals surface area contributed by atoms with Crippen LogP contribution < -0.4 is 10.6 Å². The number of carbonyl (C=O) groups is 2. The van der Waals surface area contributed by atoms with Gasteiger partial charge >= 0.3 is 0 Å². The molecule has 4 bridgehead atoms. The number of hydrogen-bond acceptors (Lipinski definition) is 3. The summed E-state index contributed by atoms with van der Waals surface area (Å²) in [6.07, 6.45) is 7.37. The second-order valence-corrected chi connectivity index (χ2v) is 9.62. The van der Waals surface area contributed by atoms with Crippen molar-refractivity contribution >= 4 is 24.2 Å². The average Bonchev–Trinajstić information content (AvgIpc) is 2.71. The minimum Gasteiger partial charge on any atom is -0.352 e. The molecule has 0 atom stereocenters. The van der Waals surface area contributed by atoms with Crippen LogP contribution in [0.3, 0.4) is 0 Å². The Morgan fingerprint density at radius 3 is 2.07 bits per heavy atom. The molecule has 158 valence electrons. The van der Waals surface area contributed by atoms with E-state index in [-0.39, 0.29) is 29.6 Å². The van der Waals surface area contributed by atoms with E-state index in [1.54, 1.807) is 0 Å². The zero-order chi connectivity index (χ0) is 19.1. The first-order valence-electron chi connectivity index (χ1n) is 11.0. The highest BCUT2D eigenvalue weighted by Gasteiger charge is 2.54. The Kier molecular flexibility index (Phi) is 5.90. The third kappa shape index (κ3) is 4.04. The lowest BCUT2D eigenvalue weighted by Crippen LogP contribution is -2.53. The van der Waals surface area contributed by atoms with Crippen molar-refractivity contribution in [2.24, 2.45) is 23.2 Å². The number of nitrogens with one attached hydrogen (secondary N) is 2. The summed E-state index contributed by atoms with van der Waals surface area (Å²) in [7, 11) is 0. The Labute approximate surface area is 179 Å². The van der Waals surface area contributed by atoms with E-state index in [2.05, 4.69) is 10.6 Å². The Morgan fingerprint density at radius 2 is 1.52 bits per heavy atom. The van der Waals surface area contributed by atoms with Gasteiger partial charge in [0.2, 0.25) is 5.91 Å². The summed E-state index contributed by atoms with van der Waals surface area (Å²) < 4.78 is 0. The number of carbonyl (C=O) groups excluding carboxylic acids is 2. The molecule has 1 aliphatic heterocycles. The van der Waals surface area contributed by atoms with Crippen molar-refractivity contribution in [3.05, 3.63) is 35.4 Å². The summed E-state index contributed by atoms with van der Waals surface area (Å²) in [6.45, 7) is 3.81. The number of rotatable bonds is 4. The SMILES string of the molecule is Cl.O=C(c1ccc(CNC(=O)C23CC4CC(CC(C4)C2)C3)cc1)N1CCNCC1. The highest BCUT2D eigenvalue weighted by atomic mass is 35.5. The molecule has 5 aliphatic rings. The fraction of sp³-hybridized carbons (Fsp3) is 0.652. The van der Waals surface area contributed by atoms with Crippen molar-refractivity contribution in [1.29, 1.82) is 0 Å². The fourth-order valence-corrected chi connectivity index (χ4v) is 6.57. The highest BCUT2D eigenvalue weighted by molar-refractivity contribution is 5.94. The van der Waals surface area contributed by atoms with Crippen molar-refractivity contribution in [2.45, 2.75) is 45.1 Å². The number of halogens is 1. The van der Waals surface area contributed by atoms with Gasteiger partial charge in [0.05, 0.1) is 0 Å². The van der Waals surface area contributed by atoms with Crippen LogP contribution in [0.4, 0.5) is 0 Å². The quantitative estimate of drug-likeness (QED) is 0.791. The lowest BCUT2D eigenvalue weighted by atomic mass is 9.49. The standard InChI is InChI=1S/C23H31N3O2.ClH/c27-21(26-7-5-24-6-8-26)20-3-1-16(2-4-20)15-25-22(28)23-12-17-9-18(13-23)11-19(10-17)14-23;/h1-4,17-19,24H,5-15H2,(H,25,28);1H. The maximum Gasteiger partial charge on any atom is 0.253 e. The monoisotopic (exact) mass is 417 g/mol.